The highest BCUT2D eigenvalue weighted by Crippen LogP contribution is 2.35. The third-order valence-electron chi connectivity index (χ3n) is 3.41. The molecule has 6 heteroatoms. The Hall–Kier alpha value is -0.530. The molecule has 0 aromatic rings. The highest BCUT2D eigenvalue weighted by molar-refractivity contribution is 14.0. The first-order valence-electron chi connectivity index (χ1n) is 5.39. The van der Waals surface area contributed by atoms with Gasteiger partial charge in [-0.15, -0.1) is 24.0 Å². The van der Waals surface area contributed by atoms with Crippen LogP contribution in [-0.4, -0.2) is 43.4 Å². The smallest absolute Gasteiger partial charge is 0.220 e. The summed E-state index contributed by atoms with van der Waals surface area (Å²) < 4.78 is 0. The van der Waals surface area contributed by atoms with E-state index in [4.69, 9.17) is 5.73 Å². The molecule has 2 aliphatic rings. The minimum absolute atomic E-state index is 0. The topological polar surface area (TPSA) is 70.7 Å². The van der Waals surface area contributed by atoms with Crippen molar-refractivity contribution >= 4 is 35.8 Å². The third kappa shape index (κ3) is 2.58. The van der Waals surface area contributed by atoms with Gasteiger partial charge in [-0.05, 0) is 12.8 Å². The van der Waals surface area contributed by atoms with Gasteiger partial charge in [0.15, 0.2) is 5.96 Å². The van der Waals surface area contributed by atoms with Crippen LogP contribution in [-0.2, 0) is 4.79 Å². The normalized spacial score (nSPS) is 30.2. The van der Waals surface area contributed by atoms with E-state index in [1.807, 2.05) is 0 Å². The monoisotopic (exact) mass is 338 g/mol. The molecule has 1 unspecified atom stereocenters. The van der Waals surface area contributed by atoms with E-state index in [0.717, 1.165) is 32.5 Å². The lowest BCUT2D eigenvalue weighted by molar-refractivity contribution is -0.119. The lowest BCUT2D eigenvalue weighted by Gasteiger charge is -2.39. The summed E-state index contributed by atoms with van der Waals surface area (Å²) in [6.07, 6.45) is 2.84. The fraction of sp³-hybridized carbons (Fsp3) is 0.800. The zero-order valence-electron chi connectivity index (χ0n) is 9.53. The first-order chi connectivity index (χ1) is 7.15. The highest BCUT2D eigenvalue weighted by Gasteiger charge is 2.42. The maximum Gasteiger partial charge on any atom is 0.220 e. The highest BCUT2D eigenvalue weighted by atomic mass is 127. The molecule has 1 spiro atoms. The molecule has 92 valence electrons. The van der Waals surface area contributed by atoms with Crippen LogP contribution in [0.15, 0.2) is 4.99 Å². The molecule has 0 aliphatic carbocycles. The minimum atomic E-state index is 0. The molecule has 5 nitrogen and oxygen atoms in total. The van der Waals surface area contributed by atoms with Crippen LogP contribution < -0.4 is 11.1 Å². The van der Waals surface area contributed by atoms with Crippen molar-refractivity contribution in [3.8, 4) is 0 Å². The van der Waals surface area contributed by atoms with Gasteiger partial charge in [0.1, 0.15) is 0 Å². The Labute approximate surface area is 113 Å². The molecule has 0 aromatic heterocycles. The van der Waals surface area contributed by atoms with Crippen molar-refractivity contribution in [1.29, 1.82) is 0 Å². The Balaban J connectivity index is 0.00000128. The number of nitrogens with zero attached hydrogens (tertiary/aromatic N) is 2. The number of aliphatic imine (C=N–C) groups is 1. The summed E-state index contributed by atoms with van der Waals surface area (Å²) in [6.45, 7) is 2.60. The van der Waals surface area contributed by atoms with Crippen LogP contribution in [0.1, 0.15) is 19.3 Å². The predicted octanol–water partition coefficient (Wildman–Crippen LogP) is 0.151. The van der Waals surface area contributed by atoms with Gasteiger partial charge in [0, 0.05) is 38.5 Å². The van der Waals surface area contributed by atoms with Gasteiger partial charge >= 0.3 is 0 Å². The molecule has 0 aromatic carbocycles. The summed E-state index contributed by atoms with van der Waals surface area (Å²) in [5.74, 6) is 0.761. The molecule has 2 fully saturated rings. The average molecular weight is 338 g/mol. The Kier molecular flexibility index (Phi) is 4.40. The number of rotatable bonds is 0. The van der Waals surface area contributed by atoms with Gasteiger partial charge in [-0.3, -0.25) is 9.79 Å². The number of carbonyl (C=O) groups excluding carboxylic acids is 1. The quantitative estimate of drug-likeness (QED) is 0.375. The zero-order chi connectivity index (χ0) is 10.9. The molecular formula is C10H19IN4O. The summed E-state index contributed by atoms with van der Waals surface area (Å²) >= 11 is 0. The van der Waals surface area contributed by atoms with Gasteiger partial charge in [0.2, 0.25) is 5.91 Å². The van der Waals surface area contributed by atoms with Crippen LogP contribution in [0.4, 0.5) is 0 Å². The molecule has 3 N–H and O–H groups in total. The van der Waals surface area contributed by atoms with Crippen molar-refractivity contribution in [2.75, 3.05) is 26.7 Å². The number of halogens is 1. The van der Waals surface area contributed by atoms with E-state index in [2.05, 4.69) is 15.2 Å². The Morgan fingerprint density at radius 3 is 2.94 bits per heavy atom. The van der Waals surface area contributed by atoms with Crippen LogP contribution in [0.2, 0.25) is 0 Å². The molecule has 0 bridgehead atoms. The van der Waals surface area contributed by atoms with Crippen LogP contribution in [0.25, 0.3) is 0 Å². The predicted molar refractivity (Wildman–Crippen MR) is 73.8 cm³/mol. The van der Waals surface area contributed by atoms with Crippen molar-refractivity contribution < 1.29 is 4.79 Å². The number of amides is 1. The summed E-state index contributed by atoms with van der Waals surface area (Å²) in [5.41, 5.74) is 5.91. The lowest BCUT2D eigenvalue weighted by Crippen LogP contribution is -2.49. The second-order valence-corrected chi connectivity index (χ2v) is 4.56. The summed E-state index contributed by atoms with van der Waals surface area (Å²) in [5, 5.41) is 2.91. The Morgan fingerprint density at radius 2 is 2.38 bits per heavy atom. The molecule has 1 amide bonds. The SMILES string of the molecule is CN=C(N)N1CCCC2(CNC(=O)C2)C1.I. The van der Waals surface area contributed by atoms with Crippen LogP contribution in [0.3, 0.4) is 0 Å². The van der Waals surface area contributed by atoms with Gasteiger partial charge in [0.05, 0.1) is 0 Å². The Bertz CT molecular complexity index is 307. The number of nitrogens with two attached hydrogens (primary N) is 1. The fourth-order valence-electron chi connectivity index (χ4n) is 2.59. The number of nitrogens with one attached hydrogen (secondary N) is 1. The third-order valence-corrected chi connectivity index (χ3v) is 3.41. The average Bonchev–Trinajstić information content (AvgIpc) is 2.59. The maximum absolute atomic E-state index is 11.3. The van der Waals surface area contributed by atoms with Crippen molar-refractivity contribution in [3.63, 3.8) is 0 Å². The van der Waals surface area contributed by atoms with Gasteiger partial charge in [-0.25, -0.2) is 0 Å². The standard InChI is InChI=1S/C10H18N4O.HI/c1-12-9(11)14-4-2-3-10(7-14)5-8(15)13-6-10;/h2-7H2,1H3,(H2,11,12)(H,13,15);1H. The Morgan fingerprint density at radius 1 is 1.62 bits per heavy atom. The van der Waals surface area contributed by atoms with E-state index in [1.54, 1.807) is 7.05 Å². The number of hydrogen-bond acceptors (Lipinski definition) is 2. The van der Waals surface area contributed by atoms with Crippen molar-refractivity contribution in [3.05, 3.63) is 0 Å². The number of guanidine groups is 1. The van der Waals surface area contributed by atoms with E-state index >= 15 is 0 Å². The number of piperidine rings is 1. The van der Waals surface area contributed by atoms with Crippen LogP contribution in [0, 0.1) is 5.41 Å². The molecule has 2 saturated heterocycles. The molecule has 0 saturated carbocycles. The molecule has 2 heterocycles. The first-order valence-corrected chi connectivity index (χ1v) is 5.39. The van der Waals surface area contributed by atoms with Gasteiger partial charge in [-0.2, -0.15) is 0 Å². The summed E-state index contributed by atoms with van der Waals surface area (Å²) in [6, 6.07) is 0. The first kappa shape index (κ1) is 13.5. The number of hydrogen-bond donors (Lipinski definition) is 2. The second-order valence-electron chi connectivity index (χ2n) is 4.56. The second kappa shape index (κ2) is 5.20. The van der Waals surface area contributed by atoms with E-state index in [0.29, 0.717) is 12.4 Å². The van der Waals surface area contributed by atoms with E-state index in [9.17, 15) is 4.79 Å². The molecular weight excluding hydrogens is 319 g/mol. The van der Waals surface area contributed by atoms with Gasteiger partial charge in [-0.1, -0.05) is 0 Å². The minimum Gasteiger partial charge on any atom is -0.370 e. The molecule has 16 heavy (non-hydrogen) atoms. The van der Waals surface area contributed by atoms with E-state index in [-0.39, 0.29) is 35.3 Å². The maximum atomic E-state index is 11.3. The lowest BCUT2D eigenvalue weighted by atomic mass is 9.79. The fourth-order valence-corrected chi connectivity index (χ4v) is 2.59. The largest absolute Gasteiger partial charge is 0.370 e. The van der Waals surface area contributed by atoms with Crippen molar-refractivity contribution in [2.45, 2.75) is 19.3 Å². The van der Waals surface area contributed by atoms with E-state index in [1.165, 1.54) is 0 Å². The summed E-state index contributed by atoms with van der Waals surface area (Å²) in [4.78, 5) is 17.4. The van der Waals surface area contributed by atoms with Gasteiger partial charge in [0.25, 0.3) is 0 Å². The number of likely N-dealkylation sites (tertiary alicyclic amines) is 1. The zero-order valence-corrected chi connectivity index (χ0v) is 11.9. The number of carbonyl (C=O) groups is 1. The molecule has 2 rings (SSSR count). The molecule has 0 radical (unpaired) electrons. The molecule has 1 atom stereocenters. The summed E-state index contributed by atoms with van der Waals surface area (Å²) in [7, 11) is 1.70. The van der Waals surface area contributed by atoms with E-state index < -0.39 is 0 Å². The van der Waals surface area contributed by atoms with Crippen LogP contribution in [0.5, 0.6) is 0 Å². The van der Waals surface area contributed by atoms with Crippen LogP contribution >= 0.6 is 24.0 Å². The van der Waals surface area contributed by atoms with Crippen molar-refractivity contribution in [2.24, 2.45) is 16.1 Å². The van der Waals surface area contributed by atoms with Crippen molar-refractivity contribution in [1.82, 2.24) is 10.2 Å². The molecule has 2 aliphatic heterocycles. The van der Waals surface area contributed by atoms with Gasteiger partial charge < -0.3 is 16.0 Å².